The van der Waals surface area contributed by atoms with Crippen LogP contribution in [0.5, 0.6) is 0 Å². The third-order valence-electron chi connectivity index (χ3n) is 1.59. The van der Waals surface area contributed by atoms with Crippen molar-refractivity contribution in [2.24, 2.45) is 0 Å². The van der Waals surface area contributed by atoms with Crippen molar-refractivity contribution >= 4 is 38.0 Å². The Morgan fingerprint density at radius 2 is 1.71 bits per heavy atom. The van der Waals surface area contributed by atoms with Crippen LogP contribution < -0.4 is 4.74 Å². The van der Waals surface area contributed by atoms with Gasteiger partial charge in [0.25, 0.3) is 6.61 Å². The second-order valence-corrected chi connectivity index (χ2v) is 5.02. The Morgan fingerprint density at radius 1 is 1.12 bits per heavy atom. The third kappa shape index (κ3) is 5.32. The summed E-state index contributed by atoms with van der Waals surface area (Å²) in [6.45, 7) is 2.76. The van der Waals surface area contributed by atoms with Crippen LogP contribution in [0.1, 0.15) is 6.92 Å². The fourth-order valence-corrected chi connectivity index (χ4v) is 3.46. The van der Waals surface area contributed by atoms with E-state index >= 15 is 0 Å². The number of benzene rings is 1. The molecule has 1 aromatic heterocycles. The molecule has 0 unspecified atom stereocenters. The lowest BCUT2D eigenvalue weighted by Crippen LogP contribution is -2.02. The number of hydrogen-bond acceptors (Lipinski definition) is 2. The van der Waals surface area contributed by atoms with Crippen molar-refractivity contribution < 1.29 is 17.3 Å². The lowest BCUT2D eigenvalue weighted by Gasteiger charge is -1.94. The van der Waals surface area contributed by atoms with Gasteiger partial charge in [0.05, 0.1) is 4.70 Å². The van der Waals surface area contributed by atoms with Crippen molar-refractivity contribution in [2.45, 2.75) is 6.92 Å². The smallest absolute Gasteiger partial charge is 0.418 e. The van der Waals surface area contributed by atoms with Gasteiger partial charge in [-0.25, -0.2) is 4.42 Å². The van der Waals surface area contributed by atoms with Gasteiger partial charge in [-0.15, -0.1) is 0 Å². The van der Waals surface area contributed by atoms with E-state index in [4.69, 9.17) is 4.42 Å². The van der Waals surface area contributed by atoms with Gasteiger partial charge in [0.2, 0.25) is 0 Å². The SMILES string of the molecule is CC[O+]=c1ssc2ccccc12.F[B-](F)(F)F. The lowest BCUT2D eigenvalue weighted by atomic mass is 10.3. The predicted molar refractivity (Wildman–Crippen MR) is 66.7 cm³/mol. The summed E-state index contributed by atoms with van der Waals surface area (Å²) in [5.74, 6) is 0. The molecule has 1 heterocycles. The normalized spacial score (nSPS) is 12.4. The summed E-state index contributed by atoms with van der Waals surface area (Å²) in [4.78, 5) is 0. The van der Waals surface area contributed by atoms with Crippen LogP contribution in [0.15, 0.2) is 28.7 Å². The van der Waals surface area contributed by atoms with Gasteiger partial charge in [-0.3, -0.25) is 0 Å². The van der Waals surface area contributed by atoms with E-state index < -0.39 is 7.25 Å². The molecule has 0 bridgehead atoms. The average molecular weight is 284 g/mol. The monoisotopic (exact) mass is 284 g/mol. The van der Waals surface area contributed by atoms with Gasteiger partial charge in [0, 0.05) is 17.3 Å². The standard InChI is InChI=1S/C9H9OS2.BF4/c1-2-10-9-7-5-3-4-6-8(7)11-12-9;2-1(3,4)5/h3-6H,2H2,1H3;/q+1;-1. The van der Waals surface area contributed by atoms with Crippen LogP contribution in [0.4, 0.5) is 17.3 Å². The van der Waals surface area contributed by atoms with Gasteiger partial charge in [-0.1, -0.05) is 22.5 Å². The van der Waals surface area contributed by atoms with Crippen molar-refractivity contribution in [3.05, 3.63) is 33.4 Å². The molecule has 0 saturated carbocycles. The van der Waals surface area contributed by atoms with Crippen molar-refractivity contribution in [1.29, 1.82) is 0 Å². The van der Waals surface area contributed by atoms with Crippen molar-refractivity contribution in [3.8, 4) is 0 Å². The first-order valence-electron chi connectivity index (χ1n) is 4.73. The van der Waals surface area contributed by atoms with Crippen LogP contribution >= 0.6 is 20.7 Å². The van der Waals surface area contributed by atoms with Gasteiger partial charge in [0.15, 0.2) is 0 Å². The molecule has 0 radical (unpaired) electrons. The van der Waals surface area contributed by atoms with E-state index in [1.54, 1.807) is 20.7 Å². The molecular formula is C9H9BF4OS2. The Bertz CT molecular complexity index is 525. The minimum Gasteiger partial charge on any atom is -0.418 e. The summed E-state index contributed by atoms with van der Waals surface area (Å²) in [6, 6.07) is 8.33. The maximum Gasteiger partial charge on any atom is 0.673 e. The van der Waals surface area contributed by atoms with E-state index in [2.05, 4.69) is 18.2 Å². The predicted octanol–water partition coefficient (Wildman–Crippen LogP) is 4.18. The van der Waals surface area contributed by atoms with E-state index in [1.165, 1.54) is 10.1 Å². The zero-order valence-electron chi connectivity index (χ0n) is 8.83. The molecule has 17 heavy (non-hydrogen) atoms. The van der Waals surface area contributed by atoms with Gasteiger partial charge in [-0.05, 0) is 12.1 Å². The van der Waals surface area contributed by atoms with E-state index in [9.17, 15) is 17.3 Å². The fraction of sp³-hybridized carbons (Fsp3) is 0.222. The molecule has 0 aliphatic carbocycles. The molecule has 0 aliphatic heterocycles. The highest BCUT2D eigenvalue weighted by atomic mass is 32.9. The highest BCUT2D eigenvalue weighted by molar-refractivity contribution is 7.71. The van der Waals surface area contributed by atoms with Crippen molar-refractivity contribution in [2.75, 3.05) is 6.61 Å². The van der Waals surface area contributed by atoms with Crippen LogP contribution in [-0.4, -0.2) is 13.9 Å². The minimum atomic E-state index is -6.00. The highest BCUT2D eigenvalue weighted by Gasteiger charge is 2.20. The molecule has 1 aromatic carbocycles. The van der Waals surface area contributed by atoms with E-state index in [0.29, 0.717) is 0 Å². The molecule has 2 aromatic rings. The fourth-order valence-electron chi connectivity index (χ4n) is 1.07. The molecule has 94 valence electrons. The van der Waals surface area contributed by atoms with Crippen LogP contribution in [0.3, 0.4) is 0 Å². The zero-order chi connectivity index (χ0) is 12.9. The van der Waals surface area contributed by atoms with Gasteiger partial charge < -0.3 is 17.3 Å². The molecule has 8 heteroatoms. The zero-order valence-corrected chi connectivity index (χ0v) is 10.5. The van der Waals surface area contributed by atoms with Gasteiger partial charge in [0.1, 0.15) is 5.39 Å². The first kappa shape index (κ1) is 14.2. The quantitative estimate of drug-likeness (QED) is 0.322. The van der Waals surface area contributed by atoms with E-state index in [1.807, 2.05) is 13.0 Å². The average Bonchev–Trinajstić information content (AvgIpc) is 2.60. The molecule has 0 saturated heterocycles. The van der Waals surface area contributed by atoms with Gasteiger partial charge >= 0.3 is 12.0 Å². The van der Waals surface area contributed by atoms with Crippen LogP contribution in [-0.2, 0) is 0 Å². The van der Waals surface area contributed by atoms with Gasteiger partial charge in [-0.2, -0.15) is 0 Å². The highest BCUT2D eigenvalue weighted by Crippen LogP contribution is 2.19. The lowest BCUT2D eigenvalue weighted by molar-refractivity contribution is 0.368. The Kier molecular flexibility index (Phi) is 5.13. The Morgan fingerprint density at radius 3 is 2.29 bits per heavy atom. The molecular weight excluding hydrogens is 275 g/mol. The van der Waals surface area contributed by atoms with E-state index in [-0.39, 0.29) is 0 Å². The van der Waals surface area contributed by atoms with E-state index in [0.717, 1.165) is 11.3 Å². The summed E-state index contributed by atoms with van der Waals surface area (Å²) >= 11 is 0. The molecule has 0 amide bonds. The van der Waals surface area contributed by atoms with Crippen LogP contribution in [0, 0.1) is 0 Å². The number of fused-ring (bicyclic) bond motifs is 1. The molecule has 0 N–H and O–H groups in total. The summed E-state index contributed by atoms with van der Waals surface area (Å²) in [7, 11) is -2.52. The maximum atomic E-state index is 9.75. The summed E-state index contributed by atoms with van der Waals surface area (Å²) in [5, 5.41) is 1.24. The third-order valence-corrected chi connectivity index (χ3v) is 3.94. The van der Waals surface area contributed by atoms with Crippen molar-refractivity contribution in [3.63, 3.8) is 0 Å². The molecule has 1 nitrogen and oxygen atoms in total. The second kappa shape index (κ2) is 6.16. The Balaban J connectivity index is 0.000000249. The maximum absolute atomic E-state index is 9.75. The summed E-state index contributed by atoms with van der Waals surface area (Å²) < 4.78 is 46.9. The largest absolute Gasteiger partial charge is 0.673 e. The molecule has 2 rings (SSSR count). The minimum absolute atomic E-state index is 0.747. The number of rotatable bonds is 1. The summed E-state index contributed by atoms with van der Waals surface area (Å²) in [6.07, 6.45) is 0. The number of halogens is 4. The van der Waals surface area contributed by atoms with Crippen molar-refractivity contribution in [1.82, 2.24) is 0 Å². The Labute approximate surface area is 103 Å². The topological polar surface area (TPSA) is 11.3 Å². The van der Waals surface area contributed by atoms with Crippen LogP contribution in [0.25, 0.3) is 10.1 Å². The molecule has 0 atom stereocenters. The molecule has 0 aliphatic rings. The molecule has 0 spiro atoms. The first-order chi connectivity index (χ1) is 7.92. The number of hydrogen-bond donors (Lipinski definition) is 0. The summed E-state index contributed by atoms with van der Waals surface area (Å²) in [5.41, 5.74) is 0. The second-order valence-electron chi connectivity index (χ2n) is 2.88. The Hall–Kier alpha value is -0.885. The first-order valence-corrected chi connectivity index (χ1v) is 6.87. The van der Waals surface area contributed by atoms with Crippen LogP contribution in [0.2, 0.25) is 0 Å². The molecule has 0 fully saturated rings.